The van der Waals surface area contributed by atoms with Crippen LogP contribution in [0.1, 0.15) is 18.4 Å². The van der Waals surface area contributed by atoms with Crippen molar-refractivity contribution < 1.29 is 4.21 Å². The van der Waals surface area contributed by atoms with Crippen molar-refractivity contribution in [1.29, 1.82) is 0 Å². The Kier molecular flexibility index (Phi) is 5.58. The third-order valence-electron chi connectivity index (χ3n) is 2.29. The SMILES string of the molecule is CNCCCCS(=O)c1ccc(C)cc1. The van der Waals surface area contributed by atoms with Crippen LogP contribution < -0.4 is 5.32 Å². The van der Waals surface area contributed by atoms with Crippen LogP contribution in [0.4, 0.5) is 0 Å². The molecule has 0 bridgehead atoms. The Labute approximate surface area is 94.5 Å². The molecule has 0 aliphatic carbocycles. The Hall–Kier alpha value is -0.670. The van der Waals surface area contributed by atoms with Gasteiger partial charge in [-0.3, -0.25) is 4.21 Å². The van der Waals surface area contributed by atoms with Gasteiger partial charge in [0.1, 0.15) is 0 Å². The Balaban J connectivity index is 2.37. The average Bonchev–Trinajstić information content (AvgIpc) is 2.25. The van der Waals surface area contributed by atoms with Gasteiger partial charge in [-0.1, -0.05) is 17.7 Å². The molecule has 0 amide bonds. The lowest BCUT2D eigenvalue weighted by Gasteiger charge is -2.02. The monoisotopic (exact) mass is 225 g/mol. The van der Waals surface area contributed by atoms with Crippen molar-refractivity contribution in [2.45, 2.75) is 24.7 Å². The van der Waals surface area contributed by atoms with E-state index >= 15 is 0 Å². The molecule has 1 N–H and O–H groups in total. The molecule has 0 spiro atoms. The lowest BCUT2D eigenvalue weighted by molar-refractivity contribution is 0.671. The summed E-state index contributed by atoms with van der Waals surface area (Å²) in [6, 6.07) is 7.95. The number of hydrogen-bond donors (Lipinski definition) is 1. The summed E-state index contributed by atoms with van der Waals surface area (Å²) in [5.41, 5.74) is 1.21. The van der Waals surface area contributed by atoms with Crippen LogP contribution in [-0.4, -0.2) is 23.6 Å². The van der Waals surface area contributed by atoms with Crippen LogP contribution in [0, 0.1) is 6.92 Å². The maximum atomic E-state index is 11.8. The summed E-state index contributed by atoms with van der Waals surface area (Å²) >= 11 is 0. The molecule has 0 aliphatic heterocycles. The fourth-order valence-corrected chi connectivity index (χ4v) is 2.48. The van der Waals surface area contributed by atoms with E-state index in [-0.39, 0.29) is 0 Å². The predicted octanol–water partition coefficient (Wildman–Crippen LogP) is 2.10. The van der Waals surface area contributed by atoms with Gasteiger partial charge in [0.05, 0.1) is 10.8 Å². The van der Waals surface area contributed by atoms with E-state index in [2.05, 4.69) is 5.32 Å². The molecule has 0 saturated heterocycles. The lowest BCUT2D eigenvalue weighted by atomic mass is 10.2. The number of aryl methyl sites for hydroxylation is 1. The molecule has 15 heavy (non-hydrogen) atoms. The van der Waals surface area contributed by atoms with Gasteiger partial charge < -0.3 is 5.32 Å². The van der Waals surface area contributed by atoms with Gasteiger partial charge in [0.25, 0.3) is 0 Å². The minimum absolute atomic E-state index is 0.769. The predicted molar refractivity (Wildman–Crippen MR) is 65.6 cm³/mol. The van der Waals surface area contributed by atoms with Crippen molar-refractivity contribution in [3.8, 4) is 0 Å². The van der Waals surface area contributed by atoms with Crippen LogP contribution in [0.2, 0.25) is 0 Å². The molecule has 0 aliphatic rings. The highest BCUT2D eigenvalue weighted by atomic mass is 32.2. The fraction of sp³-hybridized carbons (Fsp3) is 0.500. The minimum atomic E-state index is -0.823. The molecule has 0 radical (unpaired) electrons. The van der Waals surface area contributed by atoms with E-state index in [0.29, 0.717) is 0 Å². The van der Waals surface area contributed by atoms with Crippen LogP contribution >= 0.6 is 0 Å². The van der Waals surface area contributed by atoms with Gasteiger partial charge in [-0.25, -0.2) is 0 Å². The first-order chi connectivity index (χ1) is 7.24. The van der Waals surface area contributed by atoms with Crippen molar-refractivity contribution in [2.24, 2.45) is 0 Å². The van der Waals surface area contributed by atoms with Crippen LogP contribution in [0.15, 0.2) is 29.2 Å². The van der Waals surface area contributed by atoms with E-state index in [1.165, 1.54) is 5.56 Å². The highest BCUT2D eigenvalue weighted by Crippen LogP contribution is 2.09. The summed E-state index contributed by atoms with van der Waals surface area (Å²) in [6.07, 6.45) is 2.11. The van der Waals surface area contributed by atoms with Gasteiger partial charge in [-0.2, -0.15) is 0 Å². The lowest BCUT2D eigenvalue weighted by Crippen LogP contribution is -2.09. The summed E-state index contributed by atoms with van der Waals surface area (Å²) in [4.78, 5) is 0.949. The van der Waals surface area contributed by atoms with Crippen molar-refractivity contribution in [1.82, 2.24) is 5.32 Å². The van der Waals surface area contributed by atoms with Crippen LogP contribution in [-0.2, 0) is 10.8 Å². The van der Waals surface area contributed by atoms with Crippen LogP contribution in [0.3, 0.4) is 0 Å². The molecular formula is C12H19NOS. The number of hydrogen-bond acceptors (Lipinski definition) is 2. The van der Waals surface area contributed by atoms with Gasteiger partial charge in [0, 0.05) is 10.6 Å². The first-order valence-corrected chi connectivity index (χ1v) is 6.65. The van der Waals surface area contributed by atoms with Gasteiger partial charge in [0.15, 0.2) is 0 Å². The molecule has 84 valence electrons. The van der Waals surface area contributed by atoms with Gasteiger partial charge in [-0.15, -0.1) is 0 Å². The number of nitrogens with one attached hydrogen (secondary N) is 1. The Morgan fingerprint density at radius 3 is 2.47 bits per heavy atom. The summed E-state index contributed by atoms with van der Waals surface area (Å²) in [5.74, 6) is 0.769. The fourth-order valence-electron chi connectivity index (χ4n) is 1.34. The quantitative estimate of drug-likeness (QED) is 0.751. The third kappa shape index (κ3) is 4.58. The molecule has 0 saturated carbocycles. The number of unbranched alkanes of at least 4 members (excludes halogenated alkanes) is 1. The van der Waals surface area contributed by atoms with Crippen molar-refractivity contribution in [3.05, 3.63) is 29.8 Å². The molecule has 0 aromatic heterocycles. The molecule has 3 heteroatoms. The molecule has 1 aromatic rings. The smallest absolute Gasteiger partial charge is 0.0529 e. The molecule has 1 aromatic carbocycles. The molecular weight excluding hydrogens is 206 g/mol. The zero-order valence-corrected chi connectivity index (χ0v) is 10.3. The second-order valence-electron chi connectivity index (χ2n) is 3.67. The van der Waals surface area contributed by atoms with Gasteiger partial charge in [-0.05, 0) is 45.5 Å². The molecule has 1 unspecified atom stereocenters. The molecule has 2 nitrogen and oxygen atoms in total. The maximum absolute atomic E-state index is 11.8. The topological polar surface area (TPSA) is 29.1 Å². The van der Waals surface area contributed by atoms with Gasteiger partial charge >= 0.3 is 0 Å². The largest absolute Gasteiger partial charge is 0.320 e. The summed E-state index contributed by atoms with van der Waals surface area (Å²) in [5, 5.41) is 3.09. The van der Waals surface area contributed by atoms with E-state index in [4.69, 9.17) is 0 Å². The standard InChI is InChI=1S/C12H19NOS/c1-11-5-7-12(8-6-11)15(14)10-4-3-9-13-2/h5-8,13H,3-4,9-10H2,1-2H3. The molecule has 1 atom stereocenters. The number of benzene rings is 1. The number of rotatable bonds is 6. The van der Waals surface area contributed by atoms with E-state index < -0.39 is 10.8 Å². The van der Waals surface area contributed by atoms with Crippen molar-refractivity contribution in [3.63, 3.8) is 0 Å². The Morgan fingerprint density at radius 1 is 1.20 bits per heavy atom. The third-order valence-corrected chi connectivity index (χ3v) is 3.75. The zero-order chi connectivity index (χ0) is 11.1. The van der Waals surface area contributed by atoms with Gasteiger partial charge in [0.2, 0.25) is 0 Å². The molecule has 0 heterocycles. The summed E-state index contributed by atoms with van der Waals surface area (Å²) in [7, 11) is 1.12. The van der Waals surface area contributed by atoms with Crippen LogP contribution in [0.5, 0.6) is 0 Å². The second-order valence-corrected chi connectivity index (χ2v) is 5.24. The van der Waals surface area contributed by atoms with E-state index in [0.717, 1.165) is 30.0 Å². The molecule has 1 rings (SSSR count). The maximum Gasteiger partial charge on any atom is 0.0529 e. The zero-order valence-electron chi connectivity index (χ0n) is 9.45. The first kappa shape index (κ1) is 12.4. The highest BCUT2D eigenvalue weighted by molar-refractivity contribution is 7.85. The second kappa shape index (κ2) is 6.75. The van der Waals surface area contributed by atoms with Crippen molar-refractivity contribution >= 4 is 10.8 Å². The Bertz CT molecular complexity index is 308. The first-order valence-electron chi connectivity index (χ1n) is 5.33. The summed E-state index contributed by atoms with van der Waals surface area (Å²) in [6.45, 7) is 3.05. The molecule has 0 fully saturated rings. The Morgan fingerprint density at radius 2 is 1.87 bits per heavy atom. The average molecular weight is 225 g/mol. The normalized spacial score (nSPS) is 12.7. The minimum Gasteiger partial charge on any atom is -0.320 e. The summed E-state index contributed by atoms with van der Waals surface area (Å²) < 4.78 is 11.8. The van der Waals surface area contributed by atoms with E-state index in [1.54, 1.807) is 0 Å². The van der Waals surface area contributed by atoms with E-state index in [1.807, 2.05) is 38.2 Å². The van der Waals surface area contributed by atoms with Crippen LogP contribution in [0.25, 0.3) is 0 Å². The van der Waals surface area contributed by atoms with Crippen molar-refractivity contribution in [2.75, 3.05) is 19.3 Å². The van der Waals surface area contributed by atoms with E-state index in [9.17, 15) is 4.21 Å². The highest BCUT2D eigenvalue weighted by Gasteiger charge is 2.02.